The molecule has 24 heavy (non-hydrogen) atoms. The number of nitrogens with zero attached hydrogens (tertiary/aromatic N) is 2. The summed E-state index contributed by atoms with van der Waals surface area (Å²) in [5, 5.41) is 6.24. The van der Waals surface area contributed by atoms with Crippen molar-refractivity contribution in [2.24, 2.45) is 5.10 Å². The molecule has 0 bridgehead atoms. The predicted molar refractivity (Wildman–Crippen MR) is 84.4 cm³/mol. The first-order valence-electron chi connectivity index (χ1n) is 7.12. The zero-order chi connectivity index (χ0) is 16.8. The second-order valence-electron chi connectivity index (χ2n) is 4.85. The molecule has 122 valence electrons. The Morgan fingerprint density at radius 2 is 1.92 bits per heavy atom. The minimum Gasteiger partial charge on any atom is -0.454 e. The quantitative estimate of drug-likeness (QED) is 0.486. The number of hydrogen-bond acceptors (Lipinski definition) is 6. The molecule has 1 aliphatic heterocycles. The Kier molecular flexibility index (Phi) is 4.66. The van der Waals surface area contributed by atoms with E-state index >= 15 is 0 Å². The van der Waals surface area contributed by atoms with Gasteiger partial charge in [-0.25, -0.2) is 5.43 Å². The Hall–Kier alpha value is -3.42. The van der Waals surface area contributed by atoms with Crippen molar-refractivity contribution in [2.45, 2.75) is 6.54 Å². The lowest BCUT2D eigenvalue weighted by Gasteiger charge is -2.03. The maximum Gasteiger partial charge on any atom is 0.329 e. The highest BCUT2D eigenvalue weighted by Crippen LogP contribution is 2.31. The zero-order valence-electron chi connectivity index (χ0n) is 12.6. The fraction of sp³-hybridized carbons (Fsp3) is 0.125. The van der Waals surface area contributed by atoms with E-state index in [1.165, 1.54) is 6.21 Å². The number of hydrazone groups is 1. The highest BCUT2D eigenvalue weighted by atomic mass is 16.7. The van der Waals surface area contributed by atoms with Gasteiger partial charge in [0.1, 0.15) is 0 Å². The number of carbonyl (C=O) groups excluding carboxylic acids is 2. The normalized spacial score (nSPS) is 12.2. The average Bonchev–Trinajstić information content (AvgIpc) is 3.08. The lowest BCUT2D eigenvalue weighted by Crippen LogP contribution is -2.37. The molecule has 8 heteroatoms. The monoisotopic (exact) mass is 326 g/mol. The van der Waals surface area contributed by atoms with Gasteiger partial charge in [-0.2, -0.15) is 5.10 Å². The number of carbonyl (C=O) groups is 2. The number of nitrogens with one attached hydrogen (secondary N) is 2. The van der Waals surface area contributed by atoms with Crippen LogP contribution in [0.4, 0.5) is 0 Å². The van der Waals surface area contributed by atoms with E-state index in [9.17, 15) is 9.59 Å². The summed E-state index contributed by atoms with van der Waals surface area (Å²) >= 11 is 0. The molecule has 1 aliphatic rings. The van der Waals surface area contributed by atoms with Crippen LogP contribution in [0.1, 0.15) is 11.1 Å². The minimum absolute atomic E-state index is 0.185. The van der Waals surface area contributed by atoms with Crippen LogP contribution in [0.25, 0.3) is 0 Å². The summed E-state index contributed by atoms with van der Waals surface area (Å²) in [6.45, 7) is 0.422. The summed E-state index contributed by atoms with van der Waals surface area (Å²) in [5.74, 6) is -0.345. The van der Waals surface area contributed by atoms with E-state index in [2.05, 4.69) is 20.8 Å². The molecule has 0 fully saturated rings. The fourth-order valence-corrected chi connectivity index (χ4v) is 1.97. The van der Waals surface area contributed by atoms with Gasteiger partial charge in [-0.15, -0.1) is 0 Å². The van der Waals surface area contributed by atoms with E-state index in [-0.39, 0.29) is 13.3 Å². The van der Waals surface area contributed by atoms with Crippen LogP contribution in [0, 0.1) is 0 Å². The van der Waals surface area contributed by atoms with Crippen LogP contribution in [-0.2, 0) is 16.1 Å². The molecule has 0 saturated carbocycles. The molecular formula is C16H14N4O4. The standard InChI is InChI=1S/C16H14N4O4/c21-15(18-8-11-3-5-17-6-4-11)16(22)20-19-9-12-1-2-13-14(7-12)24-10-23-13/h1-7,9H,8,10H2,(H,18,21)(H,20,22)/b19-9-. The SMILES string of the molecule is O=C(NCc1ccncc1)C(=O)N/N=C\c1ccc2c(c1)OCO2. The summed E-state index contributed by atoms with van der Waals surface area (Å²) in [4.78, 5) is 27.2. The van der Waals surface area contributed by atoms with Gasteiger partial charge in [0, 0.05) is 18.9 Å². The highest BCUT2D eigenvalue weighted by Gasteiger charge is 2.13. The summed E-state index contributed by atoms with van der Waals surface area (Å²) in [6.07, 6.45) is 4.63. The predicted octanol–water partition coefficient (Wildman–Crippen LogP) is 0.577. The van der Waals surface area contributed by atoms with Crippen molar-refractivity contribution in [3.63, 3.8) is 0 Å². The van der Waals surface area contributed by atoms with E-state index in [4.69, 9.17) is 9.47 Å². The number of amides is 2. The van der Waals surface area contributed by atoms with Crippen LogP contribution in [0.2, 0.25) is 0 Å². The molecule has 8 nitrogen and oxygen atoms in total. The minimum atomic E-state index is -0.846. The number of ether oxygens (including phenoxy) is 2. The molecule has 2 amide bonds. The number of fused-ring (bicyclic) bond motifs is 1. The van der Waals surface area contributed by atoms with Crippen molar-refractivity contribution in [1.82, 2.24) is 15.7 Å². The second kappa shape index (κ2) is 7.23. The number of aromatic nitrogens is 1. The molecular weight excluding hydrogens is 312 g/mol. The fourth-order valence-electron chi connectivity index (χ4n) is 1.97. The number of pyridine rings is 1. The molecule has 2 heterocycles. The van der Waals surface area contributed by atoms with Crippen LogP contribution in [-0.4, -0.2) is 29.8 Å². The van der Waals surface area contributed by atoms with Crippen molar-refractivity contribution in [3.05, 3.63) is 53.9 Å². The third-order valence-electron chi connectivity index (χ3n) is 3.18. The van der Waals surface area contributed by atoms with Gasteiger partial charge in [0.2, 0.25) is 6.79 Å². The maximum atomic E-state index is 11.7. The van der Waals surface area contributed by atoms with Gasteiger partial charge in [0.15, 0.2) is 11.5 Å². The third kappa shape index (κ3) is 3.86. The van der Waals surface area contributed by atoms with Gasteiger partial charge in [-0.1, -0.05) is 0 Å². The maximum absolute atomic E-state index is 11.7. The molecule has 1 aromatic carbocycles. The Bertz CT molecular complexity index is 777. The highest BCUT2D eigenvalue weighted by molar-refractivity contribution is 6.35. The number of benzene rings is 1. The first-order chi connectivity index (χ1) is 11.7. The molecule has 1 aromatic heterocycles. The van der Waals surface area contributed by atoms with Crippen LogP contribution in [0.5, 0.6) is 11.5 Å². The van der Waals surface area contributed by atoms with Gasteiger partial charge in [0.25, 0.3) is 0 Å². The van der Waals surface area contributed by atoms with Gasteiger partial charge in [-0.05, 0) is 41.5 Å². The lowest BCUT2D eigenvalue weighted by atomic mass is 10.2. The number of hydrogen-bond donors (Lipinski definition) is 2. The largest absolute Gasteiger partial charge is 0.454 e. The molecule has 0 spiro atoms. The summed E-state index contributed by atoms with van der Waals surface area (Å²) in [7, 11) is 0. The van der Waals surface area contributed by atoms with Crippen LogP contribution in [0.15, 0.2) is 47.8 Å². The van der Waals surface area contributed by atoms with Gasteiger partial charge >= 0.3 is 11.8 Å². The van der Waals surface area contributed by atoms with Crippen molar-refractivity contribution in [1.29, 1.82) is 0 Å². The van der Waals surface area contributed by atoms with Gasteiger partial charge in [0.05, 0.1) is 6.21 Å². The second-order valence-corrected chi connectivity index (χ2v) is 4.85. The third-order valence-corrected chi connectivity index (χ3v) is 3.18. The van der Waals surface area contributed by atoms with Gasteiger partial charge in [-0.3, -0.25) is 14.6 Å². The Morgan fingerprint density at radius 3 is 2.75 bits per heavy atom. The summed E-state index contributed by atoms with van der Waals surface area (Å²) in [5.41, 5.74) is 3.72. The summed E-state index contributed by atoms with van der Waals surface area (Å²) in [6, 6.07) is 8.72. The first kappa shape index (κ1) is 15.5. The Morgan fingerprint density at radius 1 is 1.12 bits per heavy atom. The van der Waals surface area contributed by atoms with Crippen LogP contribution >= 0.6 is 0 Å². The van der Waals surface area contributed by atoms with Crippen LogP contribution < -0.4 is 20.2 Å². The van der Waals surface area contributed by atoms with E-state index < -0.39 is 11.8 Å². The Labute approximate surface area is 137 Å². The summed E-state index contributed by atoms with van der Waals surface area (Å²) < 4.78 is 10.4. The van der Waals surface area contributed by atoms with Gasteiger partial charge < -0.3 is 14.8 Å². The molecule has 0 saturated heterocycles. The average molecular weight is 326 g/mol. The Balaban J connectivity index is 1.48. The lowest BCUT2D eigenvalue weighted by molar-refractivity contribution is -0.139. The van der Waals surface area contributed by atoms with E-state index in [1.807, 2.05) is 0 Å². The van der Waals surface area contributed by atoms with Crippen LogP contribution in [0.3, 0.4) is 0 Å². The molecule has 2 aromatic rings. The topological polar surface area (TPSA) is 102 Å². The van der Waals surface area contributed by atoms with E-state index in [0.29, 0.717) is 17.1 Å². The molecule has 0 aliphatic carbocycles. The molecule has 0 atom stereocenters. The molecule has 0 radical (unpaired) electrons. The molecule has 3 rings (SSSR count). The molecule has 0 unspecified atom stereocenters. The van der Waals surface area contributed by atoms with E-state index in [0.717, 1.165) is 5.56 Å². The van der Waals surface area contributed by atoms with E-state index in [1.54, 1.807) is 42.7 Å². The first-order valence-corrected chi connectivity index (χ1v) is 7.12. The van der Waals surface area contributed by atoms with Crippen molar-refractivity contribution in [3.8, 4) is 11.5 Å². The van der Waals surface area contributed by atoms with Crippen molar-refractivity contribution < 1.29 is 19.1 Å². The van der Waals surface area contributed by atoms with Crippen molar-refractivity contribution in [2.75, 3.05) is 6.79 Å². The molecule has 2 N–H and O–H groups in total. The number of rotatable bonds is 4. The smallest absolute Gasteiger partial charge is 0.329 e. The van der Waals surface area contributed by atoms with Crippen molar-refractivity contribution >= 4 is 18.0 Å². The zero-order valence-corrected chi connectivity index (χ0v) is 12.6.